The van der Waals surface area contributed by atoms with Crippen LogP contribution in [-0.2, 0) is 10.3 Å². The van der Waals surface area contributed by atoms with Gasteiger partial charge < -0.3 is 15.0 Å². The highest BCUT2D eigenvalue weighted by Gasteiger charge is 2.42. The number of hydrogen-bond acceptors (Lipinski definition) is 5. The van der Waals surface area contributed by atoms with E-state index >= 15 is 0 Å². The molecule has 2 atom stereocenters. The Morgan fingerprint density at radius 1 is 1.29 bits per heavy atom. The van der Waals surface area contributed by atoms with Gasteiger partial charge in [0.05, 0.1) is 5.92 Å². The molecular formula is C16H27N3O2. The van der Waals surface area contributed by atoms with E-state index < -0.39 is 0 Å². The monoisotopic (exact) mass is 293 g/mol. The molecule has 2 saturated carbocycles. The third kappa shape index (κ3) is 2.86. The smallest absolute Gasteiger partial charge is 0.231 e. The fourth-order valence-corrected chi connectivity index (χ4v) is 3.80. The molecule has 118 valence electrons. The second-order valence-corrected chi connectivity index (χ2v) is 6.77. The fraction of sp³-hybridized carbons (Fsp3) is 0.875. The molecule has 0 bridgehead atoms. The maximum absolute atomic E-state index is 6.15. The Bertz CT molecular complexity index is 466. The van der Waals surface area contributed by atoms with Crippen LogP contribution >= 0.6 is 0 Å². The first-order chi connectivity index (χ1) is 10.1. The highest BCUT2D eigenvalue weighted by Crippen LogP contribution is 2.42. The molecule has 0 aromatic carbocycles. The first-order valence-electron chi connectivity index (χ1n) is 8.38. The highest BCUT2D eigenvalue weighted by molar-refractivity contribution is 5.08. The summed E-state index contributed by atoms with van der Waals surface area (Å²) >= 11 is 0. The predicted molar refractivity (Wildman–Crippen MR) is 79.8 cm³/mol. The van der Waals surface area contributed by atoms with Gasteiger partial charge in [-0.1, -0.05) is 18.5 Å². The fourth-order valence-electron chi connectivity index (χ4n) is 3.80. The molecule has 5 nitrogen and oxygen atoms in total. The van der Waals surface area contributed by atoms with E-state index in [4.69, 9.17) is 20.0 Å². The van der Waals surface area contributed by atoms with Crippen LogP contribution in [-0.4, -0.2) is 22.8 Å². The van der Waals surface area contributed by atoms with E-state index in [1.165, 1.54) is 0 Å². The first kappa shape index (κ1) is 15.0. The molecule has 0 aliphatic heterocycles. The van der Waals surface area contributed by atoms with Crippen LogP contribution in [0, 0.1) is 5.92 Å². The number of nitrogens with two attached hydrogens (primary N) is 1. The van der Waals surface area contributed by atoms with Crippen molar-refractivity contribution in [3.8, 4) is 0 Å². The van der Waals surface area contributed by atoms with Crippen LogP contribution in [0.15, 0.2) is 4.52 Å². The second kappa shape index (κ2) is 6.05. The molecule has 1 aromatic heterocycles. The van der Waals surface area contributed by atoms with Gasteiger partial charge in [0, 0.05) is 12.6 Å². The molecule has 3 rings (SSSR count). The predicted octanol–water partition coefficient (Wildman–Crippen LogP) is 3.11. The minimum absolute atomic E-state index is 0.160. The lowest BCUT2D eigenvalue weighted by molar-refractivity contribution is -0.0847. The molecule has 21 heavy (non-hydrogen) atoms. The molecule has 0 saturated heterocycles. The standard InChI is InChI=1S/C16H27N3O2/c1-3-20-16(9-7-11(2)8-10-16)15-18-14(21-19-15)12-5-4-6-13(12)17/h11-13H,3-10,17H2,1-2H3. The van der Waals surface area contributed by atoms with Crippen molar-refractivity contribution in [1.29, 1.82) is 0 Å². The lowest BCUT2D eigenvalue weighted by Gasteiger charge is -2.36. The first-order valence-corrected chi connectivity index (χ1v) is 8.38. The SMILES string of the molecule is CCOC1(c2noc(C3CCCC3N)n2)CCC(C)CC1. The van der Waals surface area contributed by atoms with E-state index in [9.17, 15) is 0 Å². The van der Waals surface area contributed by atoms with Crippen molar-refractivity contribution >= 4 is 0 Å². The molecule has 2 N–H and O–H groups in total. The van der Waals surface area contributed by atoms with Gasteiger partial charge in [-0.25, -0.2) is 0 Å². The minimum Gasteiger partial charge on any atom is -0.367 e. The van der Waals surface area contributed by atoms with E-state index in [1.807, 2.05) is 6.92 Å². The summed E-state index contributed by atoms with van der Waals surface area (Å²) in [7, 11) is 0. The molecule has 0 amide bonds. The van der Waals surface area contributed by atoms with Crippen LogP contribution in [0.2, 0.25) is 0 Å². The third-order valence-corrected chi connectivity index (χ3v) is 5.24. The molecule has 2 aliphatic rings. The summed E-state index contributed by atoms with van der Waals surface area (Å²) in [6, 6.07) is 0.160. The Morgan fingerprint density at radius 2 is 2.05 bits per heavy atom. The molecule has 1 aromatic rings. The molecule has 5 heteroatoms. The van der Waals surface area contributed by atoms with E-state index in [1.54, 1.807) is 0 Å². The summed E-state index contributed by atoms with van der Waals surface area (Å²) in [4.78, 5) is 4.70. The summed E-state index contributed by atoms with van der Waals surface area (Å²) in [6.45, 7) is 5.02. The summed E-state index contributed by atoms with van der Waals surface area (Å²) in [6.07, 6.45) is 7.55. The van der Waals surface area contributed by atoms with Gasteiger partial charge in [-0.2, -0.15) is 4.98 Å². The Balaban J connectivity index is 1.82. The number of ether oxygens (including phenoxy) is 1. The van der Waals surface area contributed by atoms with Crippen LogP contribution in [0.3, 0.4) is 0 Å². The Labute approximate surface area is 126 Å². The molecular weight excluding hydrogens is 266 g/mol. The van der Waals surface area contributed by atoms with E-state index in [-0.39, 0.29) is 17.6 Å². The van der Waals surface area contributed by atoms with Crippen LogP contribution in [0.1, 0.15) is 76.4 Å². The zero-order valence-electron chi connectivity index (χ0n) is 13.2. The summed E-state index contributed by atoms with van der Waals surface area (Å²) in [5, 5.41) is 4.27. The van der Waals surface area contributed by atoms with Gasteiger partial charge in [0.1, 0.15) is 5.60 Å². The third-order valence-electron chi connectivity index (χ3n) is 5.24. The Morgan fingerprint density at radius 3 is 2.67 bits per heavy atom. The molecule has 2 fully saturated rings. The highest BCUT2D eigenvalue weighted by atomic mass is 16.5. The van der Waals surface area contributed by atoms with E-state index in [0.29, 0.717) is 12.5 Å². The van der Waals surface area contributed by atoms with Gasteiger partial charge in [-0.3, -0.25) is 0 Å². The van der Waals surface area contributed by atoms with Crippen LogP contribution < -0.4 is 5.73 Å². The topological polar surface area (TPSA) is 74.2 Å². The minimum atomic E-state index is -0.342. The number of rotatable bonds is 4. The summed E-state index contributed by atoms with van der Waals surface area (Å²) in [5.74, 6) is 2.44. The van der Waals surface area contributed by atoms with Gasteiger partial charge in [0.2, 0.25) is 11.7 Å². The quantitative estimate of drug-likeness (QED) is 0.923. The molecule has 0 spiro atoms. The van der Waals surface area contributed by atoms with Crippen LogP contribution in [0.4, 0.5) is 0 Å². The zero-order valence-corrected chi connectivity index (χ0v) is 13.2. The van der Waals surface area contributed by atoms with Gasteiger partial charge in [0.15, 0.2) is 0 Å². The Kier molecular flexibility index (Phi) is 4.31. The largest absolute Gasteiger partial charge is 0.367 e. The maximum Gasteiger partial charge on any atom is 0.231 e. The van der Waals surface area contributed by atoms with Crippen molar-refractivity contribution < 1.29 is 9.26 Å². The van der Waals surface area contributed by atoms with Gasteiger partial charge in [-0.15, -0.1) is 0 Å². The maximum atomic E-state index is 6.15. The van der Waals surface area contributed by atoms with Crippen molar-refractivity contribution in [2.24, 2.45) is 11.7 Å². The van der Waals surface area contributed by atoms with Crippen molar-refractivity contribution in [3.63, 3.8) is 0 Å². The van der Waals surface area contributed by atoms with Gasteiger partial charge in [-0.05, 0) is 51.4 Å². The van der Waals surface area contributed by atoms with Crippen molar-refractivity contribution in [2.75, 3.05) is 6.61 Å². The van der Waals surface area contributed by atoms with Crippen molar-refractivity contribution in [3.05, 3.63) is 11.7 Å². The second-order valence-electron chi connectivity index (χ2n) is 6.77. The average molecular weight is 293 g/mol. The lowest BCUT2D eigenvalue weighted by Crippen LogP contribution is -2.35. The normalized spacial score (nSPS) is 37.0. The summed E-state index contributed by atoms with van der Waals surface area (Å²) < 4.78 is 11.6. The van der Waals surface area contributed by atoms with Crippen molar-refractivity contribution in [1.82, 2.24) is 10.1 Å². The zero-order chi connectivity index (χ0) is 14.9. The Hall–Kier alpha value is -0.940. The van der Waals surface area contributed by atoms with E-state index in [0.717, 1.165) is 56.7 Å². The van der Waals surface area contributed by atoms with Crippen LogP contribution in [0.5, 0.6) is 0 Å². The molecule has 2 unspecified atom stereocenters. The van der Waals surface area contributed by atoms with Crippen molar-refractivity contribution in [2.45, 2.75) is 76.4 Å². The number of hydrogen-bond donors (Lipinski definition) is 1. The number of aromatic nitrogens is 2. The van der Waals surface area contributed by atoms with E-state index in [2.05, 4.69) is 12.1 Å². The van der Waals surface area contributed by atoms with Gasteiger partial charge in [0.25, 0.3) is 0 Å². The lowest BCUT2D eigenvalue weighted by atomic mass is 9.79. The molecule has 0 radical (unpaired) electrons. The number of nitrogens with zero attached hydrogens (tertiary/aromatic N) is 2. The molecule has 2 aliphatic carbocycles. The van der Waals surface area contributed by atoms with Crippen LogP contribution in [0.25, 0.3) is 0 Å². The van der Waals surface area contributed by atoms with Gasteiger partial charge >= 0.3 is 0 Å². The molecule has 1 heterocycles. The average Bonchev–Trinajstić information content (AvgIpc) is 3.10. The summed E-state index contributed by atoms with van der Waals surface area (Å²) in [5.41, 5.74) is 5.81.